The van der Waals surface area contributed by atoms with Crippen LogP contribution in [0.2, 0.25) is 0 Å². The molecule has 126 valence electrons. The molecule has 4 rings (SSSR count). The molecule has 1 aliphatic heterocycles. The quantitative estimate of drug-likeness (QED) is 0.733. The molecule has 0 radical (unpaired) electrons. The van der Waals surface area contributed by atoms with Crippen molar-refractivity contribution in [2.45, 2.75) is 12.5 Å². The first-order valence-corrected chi connectivity index (χ1v) is 8.04. The summed E-state index contributed by atoms with van der Waals surface area (Å²) < 4.78 is 12.6. The molecular weight excluding hydrogens is 316 g/mol. The van der Waals surface area contributed by atoms with Crippen LogP contribution in [0, 0.1) is 0 Å². The van der Waals surface area contributed by atoms with E-state index in [2.05, 4.69) is 27.2 Å². The van der Waals surface area contributed by atoms with Crippen molar-refractivity contribution >= 4 is 11.7 Å². The van der Waals surface area contributed by atoms with E-state index in [1.807, 2.05) is 41.1 Å². The second kappa shape index (κ2) is 6.39. The molecule has 1 unspecified atom stereocenters. The number of aromatic nitrogens is 3. The fourth-order valence-electron chi connectivity index (χ4n) is 3.11. The minimum Gasteiger partial charge on any atom is -0.493 e. The van der Waals surface area contributed by atoms with Crippen LogP contribution < -0.4 is 9.47 Å². The van der Waals surface area contributed by atoms with Crippen LogP contribution in [0.1, 0.15) is 23.6 Å². The second-order valence-electron chi connectivity index (χ2n) is 5.76. The molecule has 0 saturated carbocycles. The van der Waals surface area contributed by atoms with E-state index in [0.717, 1.165) is 23.3 Å². The molecule has 0 bridgehead atoms. The molecule has 0 fully saturated rings. The summed E-state index contributed by atoms with van der Waals surface area (Å²) in [4.78, 5) is 8.97. The number of fused-ring (bicyclic) bond motifs is 1. The number of aliphatic imine (C=N–C) groups is 1. The van der Waals surface area contributed by atoms with Gasteiger partial charge in [-0.25, -0.2) is 9.67 Å². The zero-order chi connectivity index (χ0) is 17.2. The van der Waals surface area contributed by atoms with Gasteiger partial charge in [-0.2, -0.15) is 10.1 Å². The van der Waals surface area contributed by atoms with E-state index in [1.165, 1.54) is 0 Å². The Morgan fingerprint density at radius 2 is 1.80 bits per heavy atom. The Labute approximate surface area is 145 Å². The predicted octanol–water partition coefficient (Wildman–Crippen LogP) is 3.41. The molecule has 1 atom stereocenters. The van der Waals surface area contributed by atoms with E-state index < -0.39 is 0 Å². The Bertz CT molecular complexity index is 918. The molecule has 1 aliphatic rings. The van der Waals surface area contributed by atoms with Crippen LogP contribution in [-0.2, 0) is 0 Å². The van der Waals surface area contributed by atoms with Crippen LogP contribution in [0.5, 0.6) is 11.5 Å². The molecule has 0 amide bonds. The number of hydrogen-bond acceptors (Lipinski definition) is 5. The second-order valence-corrected chi connectivity index (χ2v) is 5.76. The van der Waals surface area contributed by atoms with Gasteiger partial charge in [0.1, 0.15) is 6.33 Å². The van der Waals surface area contributed by atoms with Crippen LogP contribution in [0.3, 0.4) is 0 Å². The van der Waals surface area contributed by atoms with Gasteiger partial charge in [0.05, 0.1) is 26.0 Å². The minimum absolute atomic E-state index is 0.00464. The van der Waals surface area contributed by atoms with Crippen molar-refractivity contribution in [2.24, 2.45) is 4.99 Å². The van der Waals surface area contributed by atoms with Crippen LogP contribution in [-0.4, -0.2) is 34.7 Å². The van der Waals surface area contributed by atoms with Gasteiger partial charge >= 0.3 is 0 Å². The van der Waals surface area contributed by atoms with Gasteiger partial charge in [-0.05, 0) is 23.3 Å². The lowest BCUT2D eigenvalue weighted by atomic mass is 9.96. The van der Waals surface area contributed by atoms with Crippen molar-refractivity contribution in [3.8, 4) is 11.5 Å². The summed E-state index contributed by atoms with van der Waals surface area (Å²) >= 11 is 0. The molecule has 0 N–H and O–H groups in total. The third kappa shape index (κ3) is 2.76. The summed E-state index contributed by atoms with van der Waals surface area (Å²) in [6.45, 7) is 0. The van der Waals surface area contributed by atoms with E-state index in [1.54, 1.807) is 20.5 Å². The molecule has 3 aromatic rings. The lowest BCUT2D eigenvalue weighted by Crippen LogP contribution is -2.21. The first kappa shape index (κ1) is 15.4. The first-order valence-electron chi connectivity index (χ1n) is 8.04. The van der Waals surface area contributed by atoms with Crippen molar-refractivity contribution in [1.82, 2.24) is 14.8 Å². The van der Waals surface area contributed by atoms with E-state index in [-0.39, 0.29) is 6.04 Å². The summed E-state index contributed by atoms with van der Waals surface area (Å²) in [7, 11) is 3.27. The molecule has 25 heavy (non-hydrogen) atoms. The number of rotatable bonds is 4. The highest BCUT2D eigenvalue weighted by atomic mass is 16.5. The van der Waals surface area contributed by atoms with E-state index in [4.69, 9.17) is 9.47 Å². The fraction of sp³-hybridized carbons (Fsp3) is 0.211. The van der Waals surface area contributed by atoms with Gasteiger partial charge in [-0.1, -0.05) is 36.4 Å². The van der Waals surface area contributed by atoms with Gasteiger partial charge in [0, 0.05) is 6.42 Å². The third-order valence-electron chi connectivity index (χ3n) is 4.37. The Morgan fingerprint density at radius 3 is 2.56 bits per heavy atom. The van der Waals surface area contributed by atoms with Crippen LogP contribution in [0.4, 0.5) is 5.95 Å². The molecule has 2 aromatic carbocycles. The predicted molar refractivity (Wildman–Crippen MR) is 95.0 cm³/mol. The van der Waals surface area contributed by atoms with E-state index in [9.17, 15) is 0 Å². The average molecular weight is 334 g/mol. The number of ether oxygens (including phenoxy) is 2. The Balaban J connectivity index is 1.77. The molecule has 6 nitrogen and oxygen atoms in total. The number of hydrogen-bond donors (Lipinski definition) is 0. The van der Waals surface area contributed by atoms with Gasteiger partial charge in [-0.3, -0.25) is 0 Å². The van der Waals surface area contributed by atoms with E-state index in [0.29, 0.717) is 17.4 Å². The molecule has 0 aliphatic carbocycles. The molecule has 6 heteroatoms. The first-order chi connectivity index (χ1) is 12.3. The number of methoxy groups -OCH3 is 2. The van der Waals surface area contributed by atoms with Crippen molar-refractivity contribution in [3.05, 3.63) is 66.0 Å². The van der Waals surface area contributed by atoms with Gasteiger partial charge < -0.3 is 9.47 Å². The summed E-state index contributed by atoms with van der Waals surface area (Å²) in [6.07, 6.45) is 2.27. The average Bonchev–Trinajstić information content (AvgIpc) is 3.16. The Hall–Kier alpha value is -3.15. The van der Waals surface area contributed by atoms with Crippen molar-refractivity contribution in [2.75, 3.05) is 14.2 Å². The highest BCUT2D eigenvalue weighted by Crippen LogP contribution is 2.36. The molecule has 0 saturated heterocycles. The van der Waals surface area contributed by atoms with Crippen LogP contribution in [0.25, 0.3) is 0 Å². The number of nitrogens with zero attached hydrogens (tertiary/aromatic N) is 4. The SMILES string of the molecule is COc1ccc(C2CC(c3ccccc3)=Nc3ncnn32)cc1OC. The smallest absolute Gasteiger partial charge is 0.248 e. The summed E-state index contributed by atoms with van der Waals surface area (Å²) in [5, 5.41) is 4.37. The van der Waals surface area contributed by atoms with Crippen LogP contribution >= 0.6 is 0 Å². The zero-order valence-corrected chi connectivity index (χ0v) is 14.1. The van der Waals surface area contributed by atoms with Crippen molar-refractivity contribution < 1.29 is 9.47 Å². The van der Waals surface area contributed by atoms with Gasteiger partial charge in [0.2, 0.25) is 5.95 Å². The molecule has 2 heterocycles. The van der Waals surface area contributed by atoms with Crippen LogP contribution in [0.15, 0.2) is 59.9 Å². The zero-order valence-electron chi connectivity index (χ0n) is 14.1. The summed E-state index contributed by atoms with van der Waals surface area (Å²) in [6, 6.07) is 16.1. The maximum atomic E-state index is 5.45. The topological polar surface area (TPSA) is 61.5 Å². The maximum absolute atomic E-state index is 5.45. The lowest BCUT2D eigenvalue weighted by molar-refractivity contribution is 0.353. The van der Waals surface area contributed by atoms with Gasteiger partial charge in [0.25, 0.3) is 0 Å². The third-order valence-corrected chi connectivity index (χ3v) is 4.37. The highest BCUT2D eigenvalue weighted by molar-refractivity contribution is 6.02. The largest absolute Gasteiger partial charge is 0.493 e. The Kier molecular flexibility index (Phi) is 3.93. The van der Waals surface area contributed by atoms with Gasteiger partial charge in [-0.15, -0.1) is 0 Å². The number of benzene rings is 2. The van der Waals surface area contributed by atoms with Crippen molar-refractivity contribution in [3.63, 3.8) is 0 Å². The molecule has 0 spiro atoms. The van der Waals surface area contributed by atoms with E-state index >= 15 is 0 Å². The normalized spacial score (nSPS) is 16.1. The Morgan fingerprint density at radius 1 is 1.00 bits per heavy atom. The highest BCUT2D eigenvalue weighted by Gasteiger charge is 2.26. The van der Waals surface area contributed by atoms with Crippen molar-refractivity contribution in [1.29, 1.82) is 0 Å². The lowest BCUT2D eigenvalue weighted by Gasteiger charge is -2.24. The summed E-state index contributed by atoms with van der Waals surface area (Å²) in [5.41, 5.74) is 3.18. The molecule has 1 aromatic heterocycles. The van der Waals surface area contributed by atoms with Gasteiger partial charge in [0.15, 0.2) is 11.5 Å². The maximum Gasteiger partial charge on any atom is 0.248 e. The minimum atomic E-state index is 0.00464. The standard InChI is InChI=1S/C19H18N4O2/c1-24-17-9-8-14(10-18(17)25-2)16-11-15(13-6-4-3-5-7-13)22-19-20-12-21-23(16)19/h3-10,12,16H,11H2,1-2H3. The summed E-state index contributed by atoms with van der Waals surface area (Å²) in [5.74, 6) is 2.02. The fourth-order valence-corrected chi connectivity index (χ4v) is 3.11. The monoisotopic (exact) mass is 334 g/mol. The molecular formula is C19H18N4O2.